The molecule has 0 aromatic carbocycles. The van der Waals surface area contributed by atoms with Crippen LogP contribution in [0.1, 0.15) is 139 Å². The van der Waals surface area contributed by atoms with Gasteiger partial charge >= 0.3 is 0 Å². The van der Waals surface area contributed by atoms with Crippen molar-refractivity contribution in [3.05, 3.63) is 0 Å². The van der Waals surface area contributed by atoms with Crippen LogP contribution >= 0.6 is 0 Å². The zero-order valence-electron chi connectivity index (χ0n) is 32.7. The number of hydrogen-bond donors (Lipinski definition) is 0. The summed E-state index contributed by atoms with van der Waals surface area (Å²) in [5.74, 6) is 10.8. The minimum atomic E-state index is 0.774. The van der Waals surface area contributed by atoms with Crippen LogP contribution in [0.15, 0.2) is 0 Å². The fourth-order valence-electron chi connectivity index (χ4n) is 12.1. The molecule has 10 aliphatic rings. The lowest BCUT2D eigenvalue weighted by molar-refractivity contribution is 0.0245. The third-order valence-electron chi connectivity index (χ3n) is 15.5. The summed E-state index contributed by atoms with van der Waals surface area (Å²) in [5, 5.41) is 0. The highest BCUT2D eigenvalue weighted by Gasteiger charge is 2.49. The van der Waals surface area contributed by atoms with Crippen molar-refractivity contribution < 1.29 is 0 Å². The molecule has 6 saturated carbocycles. The van der Waals surface area contributed by atoms with E-state index in [0.717, 1.165) is 83.3 Å². The van der Waals surface area contributed by atoms with Crippen molar-refractivity contribution in [3.63, 3.8) is 0 Å². The molecule has 4 heteroatoms. The van der Waals surface area contributed by atoms with E-state index >= 15 is 0 Å². The van der Waals surface area contributed by atoms with Crippen LogP contribution in [0, 0.1) is 59.2 Å². The van der Waals surface area contributed by atoms with Crippen LogP contribution in [-0.4, -0.2) is 96.1 Å². The highest BCUT2D eigenvalue weighted by Crippen LogP contribution is 2.54. The highest BCUT2D eigenvalue weighted by atomic mass is 15.2. The van der Waals surface area contributed by atoms with E-state index in [2.05, 4.69) is 75.0 Å². The van der Waals surface area contributed by atoms with Crippen LogP contribution in [0.4, 0.5) is 0 Å². The van der Waals surface area contributed by atoms with Crippen molar-refractivity contribution >= 4 is 0 Å². The molecule has 10 fully saturated rings. The quantitative estimate of drug-likeness (QED) is 0.300. The van der Waals surface area contributed by atoms with Gasteiger partial charge in [0, 0.05) is 76.5 Å². The average molecular weight is 653 g/mol. The van der Waals surface area contributed by atoms with Crippen LogP contribution in [0.2, 0.25) is 0 Å². The summed E-state index contributed by atoms with van der Waals surface area (Å²) in [5.41, 5.74) is 0. The molecule has 0 N–H and O–H groups in total. The second-order valence-electron chi connectivity index (χ2n) is 19.7. The number of likely N-dealkylation sites (tertiary alicyclic amines) is 4. The van der Waals surface area contributed by atoms with Crippen LogP contribution < -0.4 is 0 Å². The molecule has 8 unspecified atom stereocenters. The molecule has 0 spiro atoms. The molecule has 0 aromatic rings. The van der Waals surface area contributed by atoms with E-state index in [1.165, 1.54) is 117 Å². The summed E-state index contributed by atoms with van der Waals surface area (Å²) in [6.45, 7) is 29.8. The van der Waals surface area contributed by atoms with Gasteiger partial charge in [0.15, 0.2) is 0 Å². The molecule has 2 bridgehead atoms. The number of fused-ring (bicyclic) bond motifs is 3. The third-order valence-corrected chi connectivity index (χ3v) is 15.5. The largest absolute Gasteiger partial charge is 0.300 e. The minimum absolute atomic E-state index is 0.774. The Balaban J connectivity index is 0.000000110. The minimum Gasteiger partial charge on any atom is -0.300 e. The summed E-state index contributed by atoms with van der Waals surface area (Å²) in [6, 6.07) is 3.11. The second-order valence-corrected chi connectivity index (χ2v) is 19.7. The van der Waals surface area contributed by atoms with Gasteiger partial charge in [-0.15, -0.1) is 0 Å². The number of nitrogens with zero attached hydrogens (tertiary/aromatic N) is 4. The van der Waals surface area contributed by atoms with Crippen molar-refractivity contribution in [2.75, 3.05) is 52.4 Å². The molecule has 10 rings (SSSR count). The SMILES string of the molecule is CC(C)N1CC2CC3CC(C3)C2C1.CC(C)N1CC2CCCC2C1.CC(C)N1CC2CCCC2C1.CC(C)N1CC2CCCCC2C1. The predicted molar refractivity (Wildman–Crippen MR) is 202 cm³/mol. The third kappa shape index (κ3) is 9.02. The predicted octanol–water partition coefficient (Wildman–Crippen LogP) is 9.14. The van der Waals surface area contributed by atoms with Gasteiger partial charge in [-0.25, -0.2) is 0 Å². The number of rotatable bonds is 4. The fraction of sp³-hybridized carbons (Fsp3) is 1.00. The zero-order chi connectivity index (χ0) is 33.2. The molecule has 0 amide bonds. The van der Waals surface area contributed by atoms with Crippen LogP contribution in [0.3, 0.4) is 0 Å². The Morgan fingerprint density at radius 3 is 0.915 bits per heavy atom. The average Bonchev–Trinajstić information content (AvgIpc) is 3.85. The lowest BCUT2D eigenvalue weighted by Crippen LogP contribution is -2.41. The Hall–Kier alpha value is -0.160. The smallest absolute Gasteiger partial charge is 0.00388 e. The second kappa shape index (κ2) is 16.5. The maximum Gasteiger partial charge on any atom is 0.00388 e. The summed E-state index contributed by atoms with van der Waals surface area (Å²) < 4.78 is 0. The maximum absolute atomic E-state index is 2.70. The van der Waals surface area contributed by atoms with E-state index < -0.39 is 0 Å². The van der Waals surface area contributed by atoms with Crippen molar-refractivity contribution in [1.29, 1.82) is 0 Å². The van der Waals surface area contributed by atoms with Gasteiger partial charge in [0.05, 0.1) is 0 Å². The van der Waals surface area contributed by atoms with Crippen molar-refractivity contribution in [1.82, 2.24) is 19.6 Å². The molecule has 272 valence electrons. The summed E-state index contributed by atoms with van der Waals surface area (Å²) in [7, 11) is 0. The first-order valence-corrected chi connectivity index (χ1v) is 21.5. The van der Waals surface area contributed by atoms with Gasteiger partial charge in [-0.3, -0.25) is 0 Å². The molecule has 47 heavy (non-hydrogen) atoms. The van der Waals surface area contributed by atoms with E-state index in [1.54, 1.807) is 19.3 Å². The van der Waals surface area contributed by atoms with E-state index in [0.29, 0.717) is 0 Å². The molecule has 4 aliphatic heterocycles. The van der Waals surface area contributed by atoms with Gasteiger partial charge in [0.1, 0.15) is 0 Å². The van der Waals surface area contributed by atoms with E-state index in [-0.39, 0.29) is 0 Å². The first-order valence-electron chi connectivity index (χ1n) is 21.5. The van der Waals surface area contributed by atoms with Crippen LogP contribution in [-0.2, 0) is 0 Å². The van der Waals surface area contributed by atoms with Crippen molar-refractivity contribution in [2.45, 2.75) is 163 Å². The van der Waals surface area contributed by atoms with Gasteiger partial charge in [-0.2, -0.15) is 0 Å². The van der Waals surface area contributed by atoms with Gasteiger partial charge in [-0.05, 0) is 172 Å². The topological polar surface area (TPSA) is 13.0 Å². The molecule has 0 aromatic heterocycles. The van der Waals surface area contributed by atoms with Crippen LogP contribution in [0.5, 0.6) is 0 Å². The van der Waals surface area contributed by atoms with Gasteiger partial charge in [0.25, 0.3) is 0 Å². The highest BCUT2D eigenvalue weighted by molar-refractivity contribution is 5.00. The Morgan fingerprint density at radius 1 is 0.319 bits per heavy atom. The van der Waals surface area contributed by atoms with E-state index in [4.69, 9.17) is 0 Å². The standard InChI is InChI=1S/C12H21N.C11H21N.2C10H19N/c1-8(2)13-6-11-5-9-3-10(4-9)12(11)7-13;1-9(2)12-7-10-5-3-4-6-11(10)8-12;2*1-8(2)11-6-9-4-3-5-10(9)7-11/h8-12H,3-7H2,1-2H3;9-11H,3-8H2,1-2H3;2*8-10H,3-7H2,1-2H3. The molecule has 4 saturated heterocycles. The molecule has 0 radical (unpaired) electrons. The molecule has 6 aliphatic carbocycles. The Kier molecular flexibility index (Phi) is 12.8. The molecule has 4 heterocycles. The summed E-state index contributed by atoms with van der Waals surface area (Å²) in [6.07, 6.45) is 19.7. The van der Waals surface area contributed by atoms with Gasteiger partial charge < -0.3 is 19.6 Å². The fourth-order valence-corrected chi connectivity index (χ4v) is 12.1. The van der Waals surface area contributed by atoms with E-state index in [9.17, 15) is 0 Å². The lowest BCUT2D eigenvalue weighted by Gasteiger charge is -2.48. The first kappa shape index (κ1) is 36.6. The Morgan fingerprint density at radius 2 is 0.596 bits per heavy atom. The van der Waals surface area contributed by atoms with Crippen molar-refractivity contribution in [3.8, 4) is 0 Å². The first-order chi connectivity index (χ1) is 22.5. The normalized spacial score (nSPS) is 41.1. The van der Waals surface area contributed by atoms with Crippen molar-refractivity contribution in [2.24, 2.45) is 59.2 Å². The van der Waals surface area contributed by atoms with E-state index in [1.807, 2.05) is 0 Å². The Bertz CT molecular complexity index is 868. The molecule has 8 atom stereocenters. The van der Waals surface area contributed by atoms with Gasteiger partial charge in [-0.1, -0.05) is 25.7 Å². The monoisotopic (exact) mass is 653 g/mol. The van der Waals surface area contributed by atoms with Gasteiger partial charge in [0.2, 0.25) is 0 Å². The van der Waals surface area contributed by atoms with Crippen LogP contribution in [0.25, 0.3) is 0 Å². The summed E-state index contributed by atoms with van der Waals surface area (Å²) in [4.78, 5) is 10.7. The molecular formula is C43H80N4. The Labute approximate surface area is 293 Å². The zero-order valence-corrected chi connectivity index (χ0v) is 32.7. The lowest BCUT2D eigenvalue weighted by atomic mass is 9.57. The molecular weight excluding hydrogens is 573 g/mol. The maximum atomic E-state index is 2.70. The molecule has 4 nitrogen and oxygen atoms in total. The summed E-state index contributed by atoms with van der Waals surface area (Å²) >= 11 is 0. The number of hydrogen-bond acceptors (Lipinski definition) is 4.